The van der Waals surface area contributed by atoms with Crippen LogP contribution in [0.2, 0.25) is 0 Å². The number of carbonyl (C=O) groups excluding carboxylic acids is 1. The topological polar surface area (TPSA) is 60.9 Å². The molecule has 126 valence electrons. The first-order valence-corrected chi connectivity index (χ1v) is 8.44. The predicted molar refractivity (Wildman–Crippen MR) is 88.9 cm³/mol. The highest BCUT2D eigenvalue weighted by Gasteiger charge is 2.24. The zero-order chi connectivity index (χ0) is 17.1. The molecule has 1 aromatic heterocycles. The number of hydrogen-bond donors (Lipinski definition) is 1. The van der Waals surface area contributed by atoms with Crippen molar-refractivity contribution >= 4 is 23.2 Å². The predicted octanol–water partition coefficient (Wildman–Crippen LogP) is 2.54. The van der Waals surface area contributed by atoms with Gasteiger partial charge in [0.05, 0.1) is 5.56 Å². The molecule has 0 aliphatic carbocycles. The van der Waals surface area contributed by atoms with Gasteiger partial charge in [0, 0.05) is 37.6 Å². The van der Waals surface area contributed by atoms with Gasteiger partial charge in [-0.3, -0.25) is 9.69 Å². The second-order valence-electron chi connectivity index (χ2n) is 5.62. The number of carbonyl (C=O) groups is 2. The average molecular weight is 348 g/mol. The van der Waals surface area contributed by atoms with E-state index in [2.05, 4.69) is 4.90 Å². The number of hydrogen-bond acceptors (Lipinski definition) is 4. The summed E-state index contributed by atoms with van der Waals surface area (Å²) in [7, 11) is 0. The van der Waals surface area contributed by atoms with Crippen molar-refractivity contribution in [3.05, 3.63) is 57.5 Å². The summed E-state index contributed by atoms with van der Waals surface area (Å²) in [5.41, 5.74) is 0.107. The Morgan fingerprint density at radius 2 is 1.79 bits per heavy atom. The first kappa shape index (κ1) is 16.6. The molecule has 0 saturated carbocycles. The number of halogens is 1. The number of nitrogens with zero attached hydrogens (tertiary/aromatic N) is 2. The van der Waals surface area contributed by atoms with Crippen molar-refractivity contribution in [2.75, 3.05) is 26.2 Å². The Morgan fingerprint density at radius 3 is 2.42 bits per heavy atom. The number of benzene rings is 1. The molecule has 1 aliphatic rings. The molecular formula is C17H17FN2O3S. The molecule has 2 aromatic rings. The van der Waals surface area contributed by atoms with Crippen molar-refractivity contribution in [3.8, 4) is 0 Å². The largest absolute Gasteiger partial charge is 0.477 e. The van der Waals surface area contributed by atoms with E-state index < -0.39 is 11.8 Å². The summed E-state index contributed by atoms with van der Waals surface area (Å²) in [5, 5.41) is 8.95. The molecule has 5 nitrogen and oxygen atoms in total. The van der Waals surface area contributed by atoms with Gasteiger partial charge in [-0.1, -0.05) is 12.1 Å². The first-order valence-electron chi connectivity index (χ1n) is 7.63. The molecule has 7 heteroatoms. The Kier molecular flexibility index (Phi) is 4.92. The van der Waals surface area contributed by atoms with Gasteiger partial charge in [0.1, 0.15) is 10.7 Å². The SMILES string of the molecule is O=C(O)c1ccc(CN2CCN(C(=O)c3ccccc3F)CC2)s1. The maximum atomic E-state index is 13.7. The fourth-order valence-corrected chi connectivity index (χ4v) is 3.60. The van der Waals surface area contributed by atoms with Crippen LogP contribution < -0.4 is 0 Å². The Balaban J connectivity index is 1.56. The highest BCUT2D eigenvalue weighted by molar-refractivity contribution is 7.13. The van der Waals surface area contributed by atoms with Crippen LogP contribution in [0.25, 0.3) is 0 Å². The highest BCUT2D eigenvalue weighted by atomic mass is 32.1. The van der Waals surface area contributed by atoms with Gasteiger partial charge < -0.3 is 10.0 Å². The van der Waals surface area contributed by atoms with E-state index in [1.165, 1.54) is 23.5 Å². The zero-order valence-corrected chi connectivity index (χ0v) is 13.8. The first-order chi connectivity index (χ1) is 11.5. The maximum Gasteiger partial charge on any atom is 0.345 e. The molecule has 0 atom stereocenters. The van der Waals surface area contributed by atoms with Crippen LogP contribution in [0.15, 0.2) is 36.4 Å². The van der Waals surface area contributed by atoms with E-state index in [-0.39, 0.29) is 11.5 Å². The lowest BCUT2D eigenvalue weighted by Crippen LogP contribution is -2.48. The summed E-state index contributed by atoms with van der Waals surface area (Å²) < 4.78 is 13.7. The molecule has 1 aromatic carbocycles. The smallest absolute Gasteiger partial charge is 0.345 e. The van der Waals surface area contributed by atoms with Crippen molar-refractivity contribution in [1.82, 2.24) is 9.80 Å². The van der Waals surface area contributed by atoms with Gasteiger partial charge in [0.15, 0.2) is 0 Å². The summed E-state index contributed by atoms with van der Waals surface area (Å²) in [5.74, 6) is -1.69. The minimum atomic E-state index is -0.911. The molecule has 1 N–H and O–H groups in total. The van der Waals surface area contributed by atoms with Crippen LogP contribution in [0.3, 0.4) is 0 Å². The zero-order valence-electron chi connectivity index (χ0n) is 12.9. The third-order valence-corrected chi connectivity index (χ3v) is 5.07. The fraction of sp³-hybridized carbons (Fsp3) is 0.294. The molecule has 0 bridgehead atoms. The minimum absolute atomic E-state index is 0.107. The maximum absolute atomic E-state index is 13.7. The summed E-state index contributed by atoms with van der Waals surface area (Å²) in [6, 6.07) is 9.45. The molecule has 3 rings (SSSR count). The lowest BCUT2D eigenvalue weighted by molar-refractivity contribution is 0.0624. The molecule has 0 unspecified atom stereocenters. The van der Waals surface area contributed by atoms with E-state index >= 15 is 0 Å². The average Bonchev–Trinajstić information content (AvgIpc) is 3.04. The van der Waals surface area contributed by atoms with E-state index in [1.54, 1.807) is 23.1 Å². The fourth-order valence-electron chi connectivity index (χ4n) is 2.71. The van der Waals surface area contributed by atoms with Crippen LogP contribution in [0.4, 0.5) is 4.39 Å². The van der Waals surface area contributed by atoms with E-state index in [4.69, 9.17) is 5.11 Å². The third kappa shape index (κ3) is 3.63. The highest BCUT2D eigenvalue weighted by Crippen LogP contribution is 2.19. The van der Waals surface area contributed by atoms with Gasteiger partial charge >= 0.3 is 5.97 Å². The number of rotatable bonds is 4. The van der Waals surface area contributed by atoms with Crippen LogP contribution in [-0.4, -0.2) is 53.0 Å². The van der Waals surface area contributed by atoms with Gasteiger partial charge in [-0.05, 0) is 24.3 Å². The van der Waals surface area contributed by atoms with Crippen LogP contribution >= 0.6 is 11.3 Å². The van der Waals surface area contributed by atoms with Crippen molar-refractivity contribution < 1.29 is 19.1 Å². The van der Waals surface area contributed by atoms with E-state index in [9.17, 15) is 14.0 Å². The minimum Gasteiger partial charge on any atom is -0.477 e. The number of carboxylic acid groups (broad SMARTS) is 1. The van der Waals surface area contributed by atoms with E-state index in [0.717, 1.165) is 4.88 Å². The van der Waals surface area contributed by atoms with Crippen LogP contribution in [0, 0.1) is 5.82 Å². The van der Waals surface area contributed by atoms with Gasteiger partial charge in [-0.15, -0.1) is 11.3 Å². The molecule has 0 spiro atoms. The van der Waals surface area contributed by atoms with Crippen molar-refractivity contribution in [2.45, 2.75) is 6.54 Å². The molecule has 24 heavy (non-hydrogen) atoms. The molecule has 1 saturated heterocycles. The summed E-state index contributed by atoms with van der Waals surface area (Å²) in [6.07, 6.45) is 0. The Hall–Kier alpha value is -2.25. The lowest BCUT2D eigenvalue weighted by atomic mass is 10.1. The molecule has 1 amide bonds. The molecule has 0 radical (unpaired) electrons. The summed E-state index contributed by atoms with van der Waals surface area (Å²) in [6.45, 7) is 3.09. The Labute approximate surface area is 142 Å². The van der Waals surface area contributed by atoms with E-state index in [1.807, 2.05) is 6.07 Å². The van der Waals surface area contributed by atoms with Gasteiger partial charge in [-0.2, -0.15) is 0 Å². The standard InChI is InChI=1S/C17H17FN2O3S/c18-14-4-2-1-3-13(14)16(21)20-9-7-19(8-10-20)11-12-5-6-15(24-12)17(22)23/h1-6H,7-11H2,(H,22,23). The number of aromatic carboxylic acids is 1. The number of carboxylic acids is 1. The second kappa shape index (κ2) is 7.11. The molecule has 2 heterocycles. The van der Waals surface area contributed by atoms with Crippen LogP contribution in [-0.2, 0) is 6.54 Å². The van der Waals surface area contributed by atoms with Crippen molar-refractivity contribution in [1.29, 1.82) is 0 Å². The van der Waals surface area contributed by atoms with E-state index in [0.29, 0.717) is 37.6 Å². The van der Waals surface area contributed by atoms with Crippen LogP contribution in [0.1, 0.15) is 24.9 Å². The summed E-state index contributed by atoms with van der Waals surface area (Å²) >= 11 is 1.27. The number of amides is 1. The molecule has 1 aliphatic heterocycles. The van der Waals surface area contributed by atoms with Gasteiger partial charge in [0.25, 0.3) is 5.91 Å². The normalized spacial score (nSPS) is 15.5. The molecule has 1 fully saturated rings. The number of piperazine rings is 1. The number of thiophene rings is 1. The second-order valence-corrected chi connectivity index (χ2v) is 6.79. The van der Waals surface area contributed by atoms with Crippen molar-refractivity contribution in [2.24, 2.45) is 0 Å². The summed E-state index contributed by atoms with van der Waals surface area (Å²) in [4.78, 5) is 28.4. The Morgan fingerprint density at radius 1 is 1.08 bits per heavy atom. The molecular weight excluding hydrogens is 331 g/mol. The van der Waals surface area contributed by atoms with Crippen LogP contribution in [0.5, 0.6) is 0 Å². The van der Waals surface area contributed by atoms with Gasteiger partial charge in [0.2, 0.25) is 0 Å². The lowest BCUT2D eigenvalue weighted by Gasteiger charge is -2.34. The van der Waals surface area contributed by atoms with Crippen molar-refractivity contribution in [3.63, 3.8) is 0 Å². The third-order valence-electron chi connectivity index (χ3n) is 4.02. The monoisotopic (exact) mass is 348 g/mol. The van der Waals surface area contributed by atoms with Gasteiger partial charge in [-0.25, -0.2) is 9.18 Å². The Bertz CT molecular complexity index is 754. The quantitative estimate of drug-likeness (QED) is 0.922.